The minimum Gasteiger partial charge on any atom is -0.493 e. The first-order chi connectivity index (χ1) is 9.72. The van der Waals surface area contributed by atoms with Crippen molar-refractivity contribution in [2.75, 3.05) is 13.7 Å². The zero-order valence-corrected chi connectivity index (χ0v) is 12.7. The van der Waals surface area contributed by atoms with Crippen molar-refractivity contribution < 1.29 is 9.47 Å². The topological polar surface area (TPSA) is 57.4 Å². The van der Waals surface area contributed by atoms with Gasteiger partial charge in [0.15, 0.2) is 0 Å². The molecule has 5 heteroatoms. The minimum absolute atomic E-state index is 0.509. The number of aryl methyl sites for hydroxylation is 1. The predicted octanol–water partition coefficient (Wildman–Crippen LogP) is 2.68. The number of aromatic nitrogens is 1. The number of rotatable bonds is 7. The summed E-state index contributed by atoms with van der Waals surface area (Å²) in [5.74, 6) is 0.901. The van der Waals surface area contributed by atoms with Crippen LogP contribution in [0.15, 0.2) is 24.3 Å². The molecule has 1 aromatic carbocycles. The van der Waals surface area contributed by atoms with Crippen LogP contribution in [0.1, 0.15) is 21.1 Å². The molecule has 1 aromatic heterocycles. The van der Waals surface area contributed by atoms with E-state index in [1.807, 2.05) is 18.2 Å². The third-order valence-corrected chi connectivity index (χ3v) is 4.04. The largest absolute Gasteiger partial charge is 0.493 e. The van der Waals surface area contributed by atoms with Crippen molar-refractivity contribution >= 4 is 11.3 Å². The summed E-state index contributed by atoms with van der Waals surface area (Å²) < 4.78 is 10.9. The number of benzene rings is 1. The molecule has 1 heterocycles. The second-order valence-corrected chi connectivity index (χ2v) is 5.70. The molecule has 0 aliphatic carbocycles. The Kier molecular flexibility index (Phi) is 5.52. The molecule has 4 nitrogen and oxygen atoms in total. The number of ether oxygens (including phenoxy) is 2. The predicted molar refractivity (Wildman–Crippen MR) is 81.1 cm³/mol. The van der Waals surface area contributed by atoms with Crippen molar-refractivity contribution in [1.29, 1.82) is 0 Å². The van der Waals surface area contributed by atoms with Gasteiger partial charge in [-0.1, -0.05) is 12.1 Å². The normalized spacial score (nSPS) is 10.8. The van der Waals surface area contributed by atoms with Gasteiger partial charge in [0.2, 0.25) is 0 Å². The molecule has 0 radical (unpaired) electrons. The number of thiazole rings is 1. The quantitative estimate of drug-likeness (QED) is 0.852. The number of nitrogens with two attached hydrogens (primary N) is 1. The van der Waals surface area contributed by atoms with E-state index in [1.54, 1.807) is 18.4 Å². The summed E-state index contributed by atoms with van der Waals surface area (Å²) in [6, 6.07) is 8.05. The molecule has 0 saturated carbocycles. The fourth-order valence-electron chi connectivity index (χ4n) is 1.91. The van der Waals surface area contributed by atoms with E-state index in [2.05, 4.69) is 18.0 Å². The van der Waals surface area contributed by atoms with Gasteiger partial charge >= 0.3 is 0 Å². The molecular formula is C15H20N2O2S. The molecule has 0 unspecified atom stereocenters. The highest BCUT2D eigenvalue weighted by Crippen LogP contribution is 2.20. The maximum Gasteiger partial charge on any atom is 0.119 e. The summed E-state index contributed by atoms with van der Waals surface area (Å²) in [7, 11) is 1.67. The summed E-state index contributed by atoms with van der Waals surface area (Å²) in [4.78, 5) is 5.65. The second kappa shape index (κ2) is 7.38. The highest BCUT2D eigenvalue weighted by Gasteiger charge is 2.09. The molecule has 0 bridgehead atoms. The molecule has 2 rings (SSSR count). The van der Waals surface area contributed by atoms with Gasteiger partial charge in [0.1, 0.15) is 5.75 Å². The molecule has 20 heavy (non-hydrogen) atoms. The van der Waals surface area contributed by atoms with E-state index in [9.17, 15) is 0 Å². The van der Waals surface area contributed by atoms with Crippen molar-refractivity contribution in [3.05, 3.63) is 45.4 Å². The standard InChI is InChI=1S/C15H20N2O2S/c1-11-4-3-5-12(8-11)19-7-6-15-17-13(10-18-2)14(9-16)20-15/h3-5,8H,6-7,9-10,16H2,1-2H3. The summed E-state index contributed by atoms with van der Waals surface area (Å²) >= 11 is 1.64. The molecule has 2 N–H and O–H groups in total. The van der Waals surface area contributed by atoms with Gasteiger partial charge in [-0.05, 0) is 24.6 Å². The Morgan fingerprint density at radius 1 is 1.35 bits per heavy atom. The lowest BCUT2D eigenvalue weighted by Gasteiger charge is -2.05. The molecule has 0 spiro atoms. The van der Waals surface area contributed by atoms with Gasteiger partial charge in [-0.15, -0.1) is 11.3 Å². The molecule has 0 aliphatic rings. The number of nitrogens with zero attached hydrogens (tertiary/aromatic N) is 1. The molecule has 108 valence electrons. The zero-order chi connectivity index (χ0) is 14.4. The first kappa shape index (κ1) is 15.0. The smallest absolute Gasteiger partial charge is 0.119 e. The summed E-state index contributed by atoms with van der Waals surface area (Å²) in [5, 5.41) is 1.05. The lowest BCUT2D eigenvalue weighted by molar-refractivity contribution is 0.181. The van der Waals surface area contributed by atoms with Gasteiger partial charge in [0.05, 0.1) is 23.9 Å². The van der Waals surface area contributed by atoms with Crippen molar-refractivity contribution in [3.63, 3.8) is 0 Å². The Morgan fingerprint density at radius 3 is 2.90 bits per heavy atom. The van der Waals surface area contributed by atoms with Crippen molar-refractivity contribution in [1.82, 2.24) is 4.98 Å². The van der Waals surface area contributed by atoms with Crippen LogP contribution in [0.2, 0.25) is 0 Å². The molecule has 0 aliphatic heterocycles. The van der Waals surface area contributed by atoms with Crippen LogP contribution < -0.4 is 10.5 Å². The Hall–Kier alpha value is -1.43. The monoisotopic (exact) mass is 292 g/mol. The highest BCUT2D eigenvalue weighted by atomic mass is 32.1. The van der Waals surface area contributed by atoms with Crippen molar-refractivity contribution in [2.24, 2.45) is 5.73 Å². The van der Waals surface area contributed by atoms with Crippen LogP contribution in [0.3, 0.4) is 0 Å². The fraction of sp³-hybridized carbons (Fsp3) is 0.400. The van der Waals surface area contributed by atoms with Crippen LogP contribution in [-0.2, 0) is 24.3 Å². The maximum atomic E-state index is 5.74. The van der Waals surface area contributed by atoms with Gasteiger partial charge in [-0.2, -0.15) is 0 Å². The van der Waals surface area contributed by atoms with Gasteiger partial charge in [-0.25, -0.2) is 4.98 Å². The average Bonchev–Trinajstić information content (AvgIpc) is 2.82. The Balaban J connectivity index is 1.90. The third kappa shape index (κ3) is 4.03. The number of methoxy groups -OCH3 is 1. The molecule has 0 atom stereocenters. The van der Waals surface area contributed by atoms with E-state index >= 15 is 0 Å². The van der Waals surface area contributed by atoms with Crippen molar-refractivity contribution in [2.45, 2.75) is 26.5 Å². The average molecular weight is 292 g/mol. The molecule has 0 amide bonds. The number of hydrogen-bond acceptors (Lipinski definition) is 5. The van der Waals surface area contributed by atoms with Gasteiger partial charge in [0, 0.05) is 25.0 Å². The Morgan fingerprint density at radius 2 is 2.20 bits per heavy atom. The highest BCUT2D eigenvalue weighted by molar-refractivity contribution is 7.11. The summed E-state index contributed by atoms with van der Waals surface area (Å²) in [6.45, 7) is 3.70. The zero-order valence-electron chi connectivity index (χ0n) is 11.9. The first-order valence-corrected chi connectivity index (χ1v) is 7.40. The van der Waals surface area contributed by atoms with Crippen LogP contribution in [0.5, 0.6) is 5.75 Å². The third-order valence-electron chi connectivity index (χ3n) is 2.86. The minimum atomic E-state index is 0.509. The van der Waals surface area contributed by atoms with Crippen molar-refractivity contribution in [3.8, 4) is 5.75 Å². The van der Waals surface area contributed by atoms with Crippen LogP contribution in [0.25, 0.3) is 0 Å². The van der Waals surface area contributed by atoms with Gasteiger partial charge in [0.25, 0.3) is 0 Å². The van der Waals surface area contributed by atoms with Gasteiger partial charge in [-0.3, -0.25) is 0 Å². The van der Waals surface area contributed by atoms with Crippen LogP contribution >= 0.6 is 11.3 Å². The van der Waals surface area contributed by atoms with E-state index in [1.165, 1.54) is 5.56 Å². The Bertz CT molecular complexity index is 555. The summed E-state index contributed by atoms with van der Waals surface area (Å²) in [6.07, 6.45) is 0.787. The SMILES string of the molecule is COCc1nc(CCOc2cccc(C)c2)sc1CN. The number of hydrogen-bond donors (Lipinski definition) is 1. The van der Waals surface area contributed by atoms with Crippen LogP contribution in [0.4, 0.5) is 0 Å². The fourth-order valence-corrected chi connectivity index (χ4v) is 2.85. The summed E-state index contributed by atoms with van der Waals surface area (Å²) in [5.41, 5.74) is 7.86. The van der Waals surface area contributed by atoms with E-state index in [-0.39, 0.29) is 0 Å². The van der Waals surface area contributed by atoms with E-state index in [4.69, 9.17) is 15.2 Å². The molecule has 0 saturated heterocycles. The van der Waals surface area contributed by atoms with Crippen LogP contribution in [0, 0.1) is 6.92 Å². The maximum absolute atomic E-state index is 5.74. The van der Waals surface area contributed by atoms with Crippen LogP contribution in [-0.4, -0.2) is 18.7 Å². The molecule has 2 aromatic rings. The second-order valence-electron chi connectivity index (χ2n) is 4.53. The molecule has 0 fully saturated rings. The molecular weight excluding hydrogens is 272 g/mol. The van der Waals surface area contributed by atoms with Gasteiger partial charge < -0.3 is 15.2 Å². The lowest BCUT2D eigenvalue weighted by atomic mass is 10.2. The Labute approximate surface area is 123 Å². The van der Waals surface area contributed by atoms with E-state index in [0.29, 0.717) is 19.8 Å². The first-order valence-electron chi connectivity index (χ1n) is 6.59. The lowest BCUT2D eigenvalue weighted by Crippen LogP contribution is -2.01. The van der Waals surface area contributed by atoms with E-state index < -0.39 is 0 Å². The van der Waals surface area contributed by atoms with E-state index in [0.717, 1.165) is 27.7 Å².